The van der Waals surface area contributed by atoms with Gasteiger partial charge in [0.15, 0.2) is 0 Å². The summed E-state index contributed by atoms with van der Waals surface area (Å²) < 4.78 is 0. The van der Waals surface area contributed by atoms with Gasteiger partial charge in [-0.3, -0.25) is 9.98 Å². The molecule has 0 fully saturated rings. The molecule has 0 N–H and O–H groups in total. The second-order valence-electron chi connectivity index (χ2n) is 9.95. The molecule has 3 heteroatoms. The predicted molar refractivity (Wildman–Crippen MR) is 148 cm³/mol. The summed E-state index contributed by atoms with van der Waals surface area (Å²) in [6.07, 6.45) is 4.02. The summed E-state index contributed by atoms with van der Waals surface area (Å²) in [5.41, 5.74) is 7.48. The van der Waals surface area contributed by atoms with E-state index in [1.807, 2.05) is 12.4 Å². The molecule has 0 bridgehead atoms. The molecule has 2 aromatic carbocycles. The first kappa shape index (κ1) is 25.1. The van der Waals surface area contributed by atoms with Crippen LogP contribution in [0.25, 0.3) is 0 Å². The number of rotatable bonds is 8. The van der Waals surface area contributed by atoms with Gasteiger partial charge < -0.3 is 0 Å². The number of benzene rings is 2. The van der Waals surface area contributed by atoms with E-state index in [9.17, 15) is 0 Å². The predicted octanol–water partition coefficient (Wildman–Crippen LogP) is 9.74. The minimum Gasteiger partial charge on any atom is -0.255 e. The van der Waals surface area contributed by atoms with Crippen LogP contribution in [0.4, 0.5) is 11.4 Å². The number of aliphatic imine (C=N–C) groups is 2. The lowest BCUT2D eigenvalue weighted by molar-refractivity contribution is 0.835. The van der Waals surface area contributed by atoms with Crippen molar-refractivity contribution in [3.8, 4) is 0 Å². The summed E-state index contributed by atoms with van der Waals surface area (Å²) in [5, 5.41) is 0. The van der Waals surface area contributed by atoms with Crippen LogP contribution in [0.15, 0.2) is 58.5 Å². The van der Waals surface area contributed by atoms with Crippen molar-refractivity contribution in [2.24, 2.45) is 9.98 Å². The van der Waals surface area contributed by atoms with Gasteiger partial charge in [0, 0.05) is 22.2 Å². The van der Waals surface area contributed by atoms with Crippen LogP contribution in [0, 0.1) is 0 Å². The van der Waals surface area contributed by atoms with Gasteiger partial charge in [0.1, 0.15) is 0 Å². The van der Waals surface area contributed by atoms with Crippen molar-refractivity contribution in [2.45, 2.75) is 79.1 Å². The van der Waals surface area contributed by atoms with E-state index in [0.29, 0.717) is 23.7 Å². The van der Waals surface area contributed by atoms with Gasteiger partial charge in [0.05, 0.1) is 11.4 Å². The standard InChI is InChI=1S/C30H38N2S/c1-19(2)25-11-9-12-26(20(3)4)29(25)31-17-23-15-16-24(33-23)18-32-30-27(21(5)6)13-10-14-28(30)22(7)8/h9-22H,1-8H3. The zero-order valence-electron chi connectivity index (χ0n) is 21.4. The third-order valence-corrected chi connectivity index (χ3v) is 6.93. The Bertz CT molecular complexity index is 989. The maximum atomic E-state index is 4.97. The lowest BCUT2D eigenvalue weighted by atomic mass is 9.93. The zero-order chi connectivity index (χ0) is 24.1. The van der Waals surface area contributed by atoms with Gasteiger partial charge in [-0.2, -0.15) is 0 Å². The van der Waals surface area contributed by atoms with E-state index in [1.54, 1.807) is 11.3 Å². The number of hydrogen-bond acceptors (Lipinski definition) is 3. The second-order valence-corrected chi connectivity index (χ2v) is 11.1. The molecule has 174 valence electrons. The van der Waals surface area contributed by atoms with E-state index in [1.165, 1.54) is 22.3 Å². The summed E-state index contributed by atoms with van der Waals surface area (Å²) >= 11 is 1.73. The molecule has 0 aliphatic rings. The van der Waals surface area contributed by atoms with Crippen molar-refractivity contribution in [3.05, 3.63) is 80.5 Å². The zero-order valence-corrected chi connectivity index (χ0v) is 22.2. The SMILES string of the molecule is CC(C)c1cccc(C(C)C)c1N=Cc1ccc(C=Nc2c(C(C)C)cccc2C(C)C)s1. The highest BCUT2D eigenvalue weighted by molar-refractivity contribution is 7.15. The number of para-hydroxylation sites is 2. The minimum atomic E-state index is 0.443. The quantitative estimate of drug-likeness (QED) is 0.300. The van der Waals surface area contributed by atoms with E-state index in [2.05, 4.69) is 104 Å². The van der Waals surface area contributed by atoms with Gasteiger partial charge in [-0.05, 0) is 58.1 Å². The minimum absolute atomic E-state index is 0.443. The molecule has 0 saturated carbocycles. The first-order valence-corrected chi connectivity index (χ1v) is 12.9. The second kappa shape index (κ2) is 11.1. The highest BCUT2D eigenvalue weighted by atomic mass is 32.1. The van der Waals surface area contributed by atoms with Crippen LogP contribution in [0.3, 0.4) is 0 Å². The topological polar surface area (TPSA) is 24.7 Å². The fourth-order valence-corrected chi connectivity index (χ4v) is 4.84. The molecule has 1 aromatic heterocycles. The smallest absolute Gasteiger partial charge is 0.0699 e. The summed E-state index contributed by atoms with van der Waals surface area (Å²) in [4.78, 5) is 12.2. The Morgan fingerprint density at radius 2 is 0.818 bits per heavy atom. The molecule has 3 rings (SSSR count). The first-order chi connectivity index (χ1) is 15.7. The average Bonchev–Trinajstić information content (AvgIpc) is 3.23. The van der Waals surface area contributed by atoms with E-state index < -0.39 is 0 Å². The summed E-state index contributed by atoms with van der Waals surface area (Å²) in [5.74, 6) is 1.77. The van der Waals surface area contributed by atoms with Crippen LogP contribution < -0.4 is 0 Å². The maximum Gasteiger partial charge on any atom is 0.0699 e. The van der Waals surface area contributed by atoms with Gasteiger partial charge in [0.2, 0.25) is 0 Å². The van der Waals surface area contributed by atoms with Crippen LogP contribution >= 0.6 is 11.3 Å². The normalized spacial score (nSPS) is 12.5. The number of hydrogen-bond donors (Lipinski definition) is 0. The van der Waals surface area contributed by atoms with E-state index in [-0.39, 0.29) is 0 Å². The Morgan fingerprint density at radius 3 is 1.09 bits per heavy atom. The lowest BCUT2D eigenvalue weighted by Crippen LogP contribution is -1.95. The first-order valence-electron chi connectivity index (χ1n) is 12.1. The molecule has 0 aliphatic carbocycles. The molecule has 0 aliphatic heterocycles. The van der Waals surface area contributed by atoms with Crippen LogP contribution in [0.2, 0.25) is 0 Å². The molecule has 0 saturated heterocycles. The Balaban J connectivity index is 1.90. The van der Waals surface area contributed by atoms with Crippen molar-refractivity contribution >= 4 is 35.1 Å². The third-order valence-electron chi connectivity index (χ3n) is 5.97. The van der Waals surface area contributed by atoms with E-state index in [0.717, 1.165) is 21.1 Å². The van der Waals surface area contributed by atoms with Crippen LogP contribution in [0.1, 0.15) is 111 Å². The molecule has 0 radical (unpaired) electrons. The molecule has 0 amide bonds. The summed E-state index contributed by atoms with van der Waals surface area (Å²) in [6.45, 7) is 17.9. The van der Waals surface area contributed by atoms with Gasteiger partial charge in [-0.15, -0.1) is 11.3 Å². The van der Waals surface area contributed by atoms with Crippen molar-refractivity contribution in [3.63, 3.8) is 0 Å². The monoisotopic (exact) mass is 458 g/mol. The van der Waals surface area contributed by atoms with Gasteiger partial charge >= 0.3 is 0 Å². The van der Waals surface area contributed by atoms with Crippen LogP contribution in [-0.4, -0.2) is 12.4 Å². The molecular weight excluding hydrogens is 420 g/mol. The van der Waals surface area contributed by atoms with Crippen molar-refractivity contribution in [1.82, 2.24) is 0 Å². The summed E-state index contributed by atoms with van der Waals surface area (Å²) in [6, 6.07) is 17.4. The third kappa shape index (κ3) is 6.09. The molecule has 1 heterocycles. The largest absolute Gasteiger partial charge is 0.255 e. The fourth-order valence-electron chi connectivity index (χ4n) is 4.09. The van der Waals surface area contributed by atoms with Gasteiger partial charge in [-0.1, -0.05) is 91.8 Å². The van der Waals surface area contributed by atoms with E-state index >= 15 is 0 Å². The fraction of sp³-hybridized carbons (Fsp3) is 0.400. The number of nitrogens with zero attached hydrogens (tertiary/aromatic N) is 2. The molecule has 3 aromatic rings. The molecule has 33 heavy (non-hydrogen) atoms. The highest BCUT2D eigenvalue weighted by Gasteiger charge is 2.14. The molecule has 0 unspecified atom stereocenters. The van der Waals surface area contributed by atoms with Gasteiger partial charge in [0.25, 0.3) is 0 Å². The average molecular weight is 459 g/mol. The lowest BCUT2D eigenvalue weighted by Gasteiger charge is -2.16. The molecular formula is C30H38N2S. The highest BCUT2D eigenvalue weighted by Crippen LogP contribution is 2.36. The van der Waals surface area contributed by atoms with Crippen molar-refractivity contribution in [2.75, 3.05) is 0 Å². The molecule has 0 atom stereocenters. The van der Waals surface area contributed by atoms with Crippen LogP contribution in [0.5, 0.6) is 0 Å². The Morgan fingerprint density at radius 1 is 0.515 bits per heavy atom. The molecule has 2 nitrogen and oxygen atoms in total. The Labute approximate surface area is 204 Å². The van der Waals surface area contributed by atoms with Gasteiger partial charge in [-0.25, -0.2) is 0 Å². The van der Waals surface area contributed by atoms with Crippen molar-refractivity contribution in [1.29, 1.82) is 0 Å². The number of thiophene rings is 1. The maximum absolute atomic E-state index is 4.97. The Hall–Kier alpha value is -2.52. The van der Waals surface area contributed by atoms with Crippen molar-refractivity contribution < 1.29 is 0 Å². The Kier molecular flexibility index (Phi) is 8.42. The molecule has 0 spiro atoms. The summed E-state index contributed by atoms with van der Waals surface area (Å²) in [7, 11) is 0. The van der Waals surface area contributed by atoms with E-state index in [4.69, 9.17) is 9.98 Å². The van der Waals surface area contributed by atoms with Crippen LogP contribution in [-0.2, 0) is 0 Å².